The minimum atomic E-state index is -0.398. The maximum atomic E-state index is 12.2. The molecule has 0 saturated carbocycles. The molecule has 0 atom stereocenters. The van der Waals surface area contributed by atoms with Gasteiger partial charge in [0.15, 0.2) is 11.5 Å². The van der Waals surface area contributed by atoms with Crippen LogP contribution in [0.5, 0.6) is 11.5 Å². The van der Waals surface area contributed by atoms with Gasteiger partial charge in [0.25, 0.3) is 0 Å². The van der Waals surface area contributed by atoms with Gasteiger partial charge in [-0.1, -0.05) is 29.3 Å². The molecule has 2 aromatic rings. The number of carbonyl (C=O) groups excluding carboxylic acids is 2. The van der Waals surface area contributed by atoms with Gasteiger partial charge in [-0.2, -0.15) is 0 Å². The van der Waals surface area contributed by atoms with E-state index in [0.29, 0.717) is 22.1 Å². The highest BCUT2D eigenvalue weighted by Gasteiger charge is 2.13. The molecule has 0 aliphatic carbocycles. The van der Waals surface area contributed by atoms with Crippen molar-refractivity contribution in [2.75, 3.05) is 19.0 Å². The van der Waals surface area contributed by atoms with E-state index in [9.17, 15) is 9.59 Å². The van der Waals surface area contributed by atoms with Crippen molar-refractivity contribution in [3.05, 3.63) is 57.6 Å². The molecule has 0 spiro atoms. The van der Waals surface area contributed by atoms with Crippen LogP contribution in [0.25, 0.3) is 6.08 Å². The molecule has 0 fully saturated rings. The van der Waals surface area contributed by atoms with E-state index in [2.05, 4.69) is 10.6 Å². The Bertz CT molecular complexity index is 976. The zero-order valence-electron chi connectivity index (χ0n) is 18.8. The summed E-state index contributed by atoms with van der Waals surface area (Å²) in [6.07, 6.45) is 2.87. The Balaban J connectivity index is 1.98. The lowest BCUT2D eigenvalue weighted by molar-refractivity contribution is -0.121. The average Bonchev–Trinajstić information content (AvgIpc) is 2.68. The molecule has 7 heteroatoms. The zero-order valence-corrected chi connectivity index (χ0v) is 19.5. The van der Waals surface area contributed by atoms with Crippen molar-refractivity contribution in [1.29, 1.82) is 0 Å². The third-order valence-electron chi connectivity index (χ3n) is 4.40. The molecule has 2 aromatic carbocycles. The van der Waals surface area contributed by atoms with E-state index in [0.717, 1.165) is 22.4 Å². The van der Waals surface area contributed by atoms with Crippen LogP contribution in [-0.4, -0.2) is 31.6 Å². The number of halogens is 1. The number of rotatable bonds is 8. The molecule has 0 aliphatic rings. The van der Waals surface area contributed by atoms with E-state index in [1.807, 2.05) is 46.8 Å². The number of benzene rings is 2. The van der Waals surface area contributed by atoms with Crippen molar-refractivity contribution in [1.82, 2.24) is 5.32 Å². The number of anilines is 1. The van der Waals surface area contributed by atoms with Crippen molar-refractivity contribution < 1.29 is 19.1 Å². The number of hydrogen-bond donors (Lipinski definition) is 2. The highest BCUT2D eigenvalue weighted by molar-refractivity contribution is 6.32. The van der Waals surface area contributed by atoms with Crippen molar-refractivity contribution in [2.45, 2.75) is 40.7 Å². The van der Waals surface area contributed by atoms with Crippen molar-refractivity contribution in [2.24, 2.45) is 0 Å². The van der Waals surface area contributed by atoms with E-state index < -0.39 is 5.91 Å². The summed E-state index contributed by atoms with van der Waals surface area (Å²) in [6.45, 7) is 9.53. The first-order valence-electron chi connectivity index (χ1n) is 9.98. The molecule has 0 aromatic heterocycles. The van der Waals surface area contributed by atoms with Crippen LogP contribution < -0.4 is 20.1 Å². The second kappa shape index (κ2) is 10.9. The quantitative estimate of drug-likeness (QED) is 0.572. The number of methoxy groups -OCH3 is 1. The summed E-state index contributed by atoms with van der Waals surface area (Å²) >= 11 is 6.30. The molecule has 31 heavy (non-hydrogen) atoms. The smallest absolute Gasteiger partial charge is 0.244 e. The Morgan fingerprint density at radius 1 is 1.10 bits per heavy atom. The summed E-state index contributed by atoms with van der Waals surface area (Å²) in [5.41, 5.74) is 4.53. The largest absolute Gasteiger partial charge is 0.493 e. The molecule has 166 valence electrons. The lowest BCUT2D eigenvalue weighted by Crippen LogP contribution is -2.32. The Morgan fingerprint density at radius 3 is 2.32 bits per heavy atom. The topological polar surface area (TPSA) is 76.7 Å². The van der Waals surface area contributed by atoms with Gasteiger partial charge in [-0.25, -0.2) is 0 Å². The molecule has 2 N–H and O–H groups in total. The lowest BCUT2D eigenvalue weighted by atomic mass is 10.1. The molecule has 2 amide bonds. The number of ether oxygens (including phenoxy) is 2. The summed E-state index contributed by atoms with van der Waals surface area (Å²) in [5.74, 6) is 0.241. The molecule has 2 rings (SSSR count). The minimum absolute atomic E-state index is 0.0581. The maximum absolute atomic E-state index is 12.2. The lowest BCUT2D eigenvalue weighted by Gasteiger charge is -2.15. The monoisotopic (exact) mass is 444 g/mol. The van der Waals surface area contributed by atoms with Crippen molar-refractivity contribution in [3.8, 4) is 11.5 Å². The SMILES string of the molecule is COc1cc(C=CC(=O)NCC(=O)Nc2c(C)cc(C)cc2C)cc(Cl)c1OC(C)C. The number of hydrogen-bond acceptors (Lipinski definition) is 4. The molecule has 0 aliphatic heterocycles. The highest BCUT2D eigenvalue weighted by atomic mass is 35.5. The van der Waals surface area contributed by atoms with Crippen molar-refractivity contribution in [3.63, 3.8) is 0 Å². The third-order valence-corrected chi connectivity index (χ3v) is 4.68. The number of aryl methyl sites for hydroxylation is 3. The number of carbonyl (C=O) groups is 2. The van der Waals surface area contributed by atoms with Crippen LogP contribution in [0.4, 0.5) is 5.69 Å². The Labute approximate surface area is 188 Å². The van der Waals surface area contributed by atoms with Gasteiger partial charge in [0.1, 0.15) is 0 Å². The van der Waals surface area contributed by atoms with Crippen LogP contribution in [-0.2, 0) is 9.59 Å². The van der Waals surface area contributed by atoms with E-state index >= 15 is 0 Å². The number of nitrogens with one attached hydrogen (secondary N) is 2. The van der Waals surface area contributed by atoms with Gasteiger partial charge < -0.3 is 20.1 Å². The Kier molecular flexibility index (Phi) is 8.51. The normalized spacial score (nSPS) is 11.0. The van der Waals surface area contributed by atoms with Crippen LogP contribution in [0, 0.1) is 20.8 Å². The van der Waals surface area contributed by atoms with Gasteiger partial charge in [0.2, 0.25) is 11.8 Å². The van der Waals surface area contributed by atoms with Crippen LogP contribution in [0.1, 0.15) is 36.1 Å². The average molecular weight is 445 g/mol. The van der Waals surface area contributed by atoms with Crippen molar-refractivity contribution >= 4 is 35.2 Å². The van der Waals surface area contributed by atoms with Crippen LogP contribution in [0.15, 0.2) is 30.3 Å². The van der Waals surface area contributed by atoms with Crippen LogP contribution >= 0.6 is 11.6 Å². The van der Waals surface area contributed by atoms with Gasteiger partial charge >= 0.3 is 0 Å². The third kappa shape index (κ3) is 7.03. The first kappa shape index (κ1) is 24.3. The fourth-order valence-electron chi connectivity index (χ4n) is 3.15. The fraction of sp³-hybridized carbons (Fsp3) is 0.333. The van der Waals surface area contributed by atoms with Crippen LogP contribution in [0.2, 0.25) is 5.02 Å². The summed E-state index contributed by atoms with van der Waals surface area (Å²) in [7, 11) is 1.52. The van der Waals surface area contributed by atoms with Gasteiger partial charge in [-0.05, 0) is 69.5 Å². The second-order valence-corrected chi connectivity index (χ2v) is 7.98. The van der Waals surface area contributed by atoms with Crippen LogP contribution in [0.3, 0.4) is 0 Å². The first-order valence-corrected chi connectivity index (χ1v) is 10.4. The number of amides is 2. The van der Waals surface area contributed by atoms with E-state index in [-0.39, 0.29) is 18.6 Å². The summed E-state index contributed by atoms with van der Waals surface area (Å²) in [4.78, 5) is 24.4. The molecular weight excluding hydrogens is 416 g/mol. The maximum Gasteiger partial charge on any atom is 0.244 e. The van der Waals surface area contributed by atoms with E-state index in [1.54, 1.807) is 18.2 Å². The van der Waals surface area contributed by atoms with E-state index in [1.165, 1.54) is 13.2 Å². The van der Waals surface area contributed by atoms with Gasteiger partial charge in [0, 0.05) is 11.8 Å². The first-order chi connectivity index (χ1) is 14.6. The molecule has 0 bridgehead atoms. The zero-order chi connectivity index (χ0) is 23.1. The molecule has 0 saturated heterocycles. The predicted octanol–water partition coefficient (Wildman–Crippen LogP) is 4.83. The predicted molar refractivity (Wildman–Crippen MR) is 125 cm³/mol. The van der Waals surface area contributed by atoms with Gasteiger partial charge in [0.05, 0.1) is 24.8 Å². The summed E-state index contributed by atoms with van der Waals surface area (Å²) in [6, 6.07) is 7.41. The molecule has 0 heterocycles. The highest BCUT2D eigenvalue weighted by Crippen LogP contribution is 2.37. The molecule has 0 unspecified atom stereocenters. The molecule has 6 nitrogen and oxygen atoms in total. The minimum Gasteiger partial charge on any atom is -0.493 e. The fourth-order valence-corrected chi connectivity index (χ4v) is 3.41. The van der Waals surface area contributed by atoms with E-state index in [4.69, 9.17) is 21.1 Å². The summed E-state index contributed by atoms with van der Waals surface area (Å²) in [5, 5.41) is 5.82. The summed E-state index contributed by atoms with van der Waals surface area (Å²) < 4.78 is 11.0. The Hall–Kier alpha value is -2.99. The second-order valence-electron chi connectivity index (χ2n) is 7.57. The van der Waals surface area contributed by atoms with Gasteiger partial charge in [-0.3, -0.25) is 9.59 Å². The van der Waals surface area contributed by atoms with Gasteiger partial charge in [-0.15, -0.1) is 0 Å². The molecule has 0 radical (unpaired) electrons. The molecular formula is C24H29ClN2O4. The standard InChI is InChI=1S/C24H29ClN2O4/c1-14(2)31-24-19(25)11-18(12-20(24)30-6)7-8-21(28)26-13-22(29)27-23-16(4)9-15(3)10-17(23)5/h7-12,14H,13H2,1-6H3,(H,26,28)(H,27,29). The Morgan fingerprint density at radius 2 is 1.74 bits per heavy atom.